The van der Waals surface area contributed by atoms with Gasteiger partial charge in [-0.15, -0.1) is 0 Å². The predicted molar refractivity (Wildman–Crippen MR) is 87.3 cm³/mol. The van der Waals surface area contributed by atoms with E-state index in [0.717, 1.165) is 29.5 Å². The number of Topliss-reactive ketones (excluding diaryl/α,β-unsaturated/α-hetero) is 2. The standard InChI is InChI=1S/C20H20O2/c1-14-7-9-16(10-8-14)18(21)13-20(2)12-11-15-5-3-4-6-17(15)19(20)22/h3-10H,11-13H2,1-2H3. The predicted octanol–water partition coefficient (Wildman–Crippen LogP) is 4.40. The van der Waals surface area contributed by atoms with Gasteiger partial charge in [-0.1, -0.05) is 61.0 Å². The molecule has 1 aliphatic carbocycles. The zero-order valence-electron chi connectivity index (χ0n) is 13.1. The van der Waals surface area contributed by atoms with E-state index in [1.165, 1.54) is 0 Å². The van der Waals surface area contributed by atoms with Crippen molar-refractivity contribution in [3.63, 3.8) is 0 Å². The number of ketones is 2. The molecule has 1 unspecified atom stereocenters. The minimum atomic E-state index is -0.587. The van der Waals surface area contributed by atoms with Crippen molar-refractivity contribution in [1.29, 1.82) is 0 Å². The van der Waals surface area contributed by atoms with Crippen LogP contribution >= 0.6 is 0 Å². The molecule has 3 rings (SSSR count). The Morgan fingerprint density at radius 2 is 1.77 bits per heavy atom. The second kappa shape index (κ2) is 5.53. The molecule has 22 heavy (non-hydrogen) atoms. The van der Waals surface area contributed by atoms with Crippen LogP contribution in [0.3, 0.4) is 0 Å². The SMILES string of the molecule is Cc1ccc(C(=O)CC2(C)CCc3ccccc3C2=O)cc1. The quantitative estimate of drug-likeness (QED) is 0.786. The first kappa shape index (κ1) is 14.7. The molecule has 1 aliphatic rings. The van der Waals surface area contributed by atoms with E-state index in [-0.39, 0.29) is 18.0 Å². The second-order valence-corrected chi connectivity index (χ2v) is 6.51. The van der Waals surface area contributed by atoms with Gasteiger partial charge in [0.15, 0.2) is 11.6 Å². The monoisotopic (exact) mass is 292 g/mol. The Kier molecular flexibility index (Phi) is 3.69. The first-order valence-electron chi connectivity index (χ1n) is 7.72. The van der Waals surface area contributed by atoms with Crippen LogP contribution in [0.4, 0.5) is 0 Å². The zero-order chi connectivity index (χ0) is 15.7. The fourth-order valence-electron chi connectivity index (χ4n) is 3.17. The van der Waals surface area contributed by atoms with Crippen molar-refractivity contribution in [3.05, 3.63) is 70.8 Å². The lowest BCUT2D eigenvalue weighted by atomic mass is 9.69. The highest BCUT2D eigenvalue weighted by atomic mass is 16.1. The van der Waals surface area contributed by atoms with Crippen LogP contribution in [-0.4, -0.2) is 11.6 Å². The number of fused-ring (bicyclic) bond motifs is 1. The molecular formula is C20H20O2. The summed E-state index contributed by atoms with van der Waals surface area (Å²) in [5, 5.41) is 0. The molecule has 2 aromatic rings. The normalized spacial score (nSPS) is 20.5. The van der Waals surface area contributed by atoms with Crippen molar-refractivity contribution in [2.45, 2.75) is 33.1 Å². The number of rotatable bonds is 3. The Balaban J connectivity index is 1.84. The van der Waals surface area contributed by atoms with E-state index in [4.69, 9.17) is 0 Å². The second-order valence-electron chi connectivity index (χ2n) is 6.51. The van der Waals surface area contributed by atoms with Gasteiger partial charge in [-0.3, -0.25) is 9.59 Å². The third kappa shape index (κ3) is 2.61. The molecule has 2 aromatic carbocycles. The number of carbonyl (C=O) groups excluding carboxylic acids is 2. The van der Waals surface area contributed by atoms with Crippen molar-refractivity contribution in [3.8, 4) is 0 Å². The van der Waals surface area contributed by atoms with Crippen molar-refractivity contribution in [2.75, 3.05) is 0 Å². The summed E-state index contributed by atoms with van der Waals surface area (Å²) in [4.78, 5) is 25.3. The first-order chi connectivity index (χ1) is 10.5. The molecule has 0 amide bonds. The number of hydrogen-bond donors (Lipinski definition) is 0. The third-order valence-corrected chi connectivity index (χ3v) is 4.68. The van der Waals surface area contributed by atoms with E-state index in [1.807, 2.05) is 62.4 Å². The summed E-state index contributed by atoms with van der Waals surface area (Å²) in [6.07, 6.45) is 1.88. The average Bonchev–Trinajstić information content (AvgIpc) is 2.52. The number of aryl methyl sites for hydroxylation is 2. The Morgan fingerprint density at radius 3 is 2.50 bits per heavy atom. The molecule has 0 saturated carbocycles. The van der Waals surface area contributed by atoms with Crippen LogP contribution in [0.1, 0.15) is 51.6 Å². The minimum Gasteiger partial charge on any atom is -0.294 e. The van der Waals surface area contributed by atoms with Gasteiger partial charge in [-0.05, 0) is 25.3 Å². The van der Waals surface area contributed by atoms with Gasteiger partial charge in [0.05, 0.1) is 0 Å². The molecule has 0 bridgehead atoms. The average molecular weight is 292 g/mol. The minimum absolute atomic E-state index is 0.0511. The third-order valence-electron chi connectivity index (χ3n) is 4.68. The lowest BCUT2D eigenvalue weighted by molar-refractivity contribution is 0.0715. The maximum absolute atomic E-state index is 12.8. The molecule has 0 aromatic heterocycles. The zero-order valence-corrected chi connectivity index (χ0v) is 13.1. The van der Waals surface area contributed by atoms with E-state index >= 15 is 0 Å². The Hall–Kier alpha value is -2.22. The summed E-state index contributed by atoms with van der Waals surface area (Å²) >= 11 is 0. The van der Waals surface area contributed by atoms with Crippen LogP contribution in [0, 0.1) is 12.3 Å². The lowest BCUT2D eigenvalue weighted by Crippen LogP contribution is -2.35. The van der Waals surface area contributed by atoms with Crippen LogP contribution in [0.25, 0.3) is 0 Å². The highest BCUT2D eigenvalue weighted by Crippen LogP contribution is 2.38. The molecule has 0 spiro atoms. The molecule has 0 heterocycles. The molecule has 0 N–H and O–H groups in total. The van der Waals surface area contributed by atoms with Crippen LogP contribution < -0.4 is 0 Å². The van der Waals surface area contributed by atoms with Gasteiger partial charge in [0.25, 0.3) is 0 Å². The molecule has 0 saturated heterocycles. The molecule has 2 heteroatoms. The topological polar surface area (TPSA) is 34.1 Å². The summed E-state index contributed by atoms with van der Waals surface area (Å²) in [5.41, 5.74) is 3.13. The van der Waals surface area contributed by atoms with Crippen LogP contribution in [0.5, 0.6) is 0 Å². The Labute approximate surface area is 131 Å². The summed E-state index contributed by atoms with van der Waals surface area (Å²) in [7, 11) is 0. The van der Waals surface area contributed by atoms with E-state index in [2.05, 4.69) is 0 Å². The molecule has 2 nitrogen and oxygen atoms in total. The van der Waals surface area contributed by atoms with E-state index < -0.39 is 5.41 Å². The Morgan fingerprint density at radius 1 is 1.09 bits per heavy atom. The number of hydrogen-bond acceptors (Lipinski definition) is 2. The Bertz CT molecular complexity index is 728. The maximum Gasteiger partial charge on any atom is 0.169 e. The first-order valence-corrected chi connectivity index (χ1v) is 7.72. The van der Waals surface area contributed by atoms with E-state index in [1.54, 1.807) is 0 Å². The highest BCUT2D eigenvalue weighted by molar-refractivity contribution is 6.07. The molecule has 1 atom stereocenters. The van der Waals surface area contributed by atoms with E-state index in [0.29, 0.717) is 5.56 Å². The summed E-state index contributed by atoms with van der Waals surface area (Å²) < 4.78 is 0. The van der Waals surface area contributed by atoms with Gasteiger partial charge in [-0.25, -0.2) is 0 Å². The number of carbonyl (C=O) groups is 2. The summed E-state index contributed by atoms with van der Waals surface area (Å²) in [5.74, 6) is 0.157. The molecule has 0 radical (unpaired) electrons. The van der Waals surface area contributed by atoms with Crippen molar-refractivity contribution in [1.82, 2.24) is 0 Å². The number of benzene rings is 2. The molecule has 0 aliphatic heterocycles. The molecule has 0 fully saturated rings. The molecular weight excluding hydrogens is 272 g/mol. The van der Waals surface area contributed by atoms with Crippen molar-refractivity contribution < 1.29 is 9.59 Å². The van der Waals surface area contributed by atoms with Crippen LogP contribution in [0.15, 0.2) is 48.5 Å². The van der Waals surface area contributed by atoms with Gasteiger partial charge in [0.2, 0.25) is 0 Å². The van der Waals surface area contributed by atoms with Crippen molar-refractivity contribution >= 4 is 11.6 Å². The van der Waals surface area contributed by atoms with E-state index in [9.17, 15) is 9.59 Å². The van der Waals surface area contributed by atoms with Gasteiger partial charge < -0.3 is 0 Å². The van der Waals surface area contributed by atoms with Gasteiger partial charge in [0, 0.05) is 23.0 Å². The summed E-state index contributed by atoms with van der Waals surface area (Å²) in [6.45, 7) is 3.93. The fraction of sp³-hybridized carbons (Fsp3) is 0.300. The van der Waals surface area contributed by atoms with Crippen LogP contribution in [0.2, 0.25) is 0 Å². The lowest BCUT2D eigenvalue weighted by Gasteiger charge is -2.32. The van der Waals surface area contributed by atoms with Gasteiger partial charge in [0.1, 0.15) is 0 Å². The highest BCUT2D eigenvalue weighted by Gasteiger charge is 2.39. The van der Waals surface area contributed by atoms with Gasteiger partial charge in [-0.2, -0.15) is 0 Å². The summed E-state index contributed by atoms with van der Waals surface area (Å²) in [6, 6.07) is 15.3. The fourth-order valence-corrected chi connectivity index (χ4v) is 3.17. The smallest absolute Gasteiger partial charge is 0.169 e. The van der Waals surface area contributed by atoms with Crippen LogP contribution in [-0.2, 0) is 6.42 Å². The van der Waals surface area contributed by atoms with Gasteiger partial charge >= 0.3 is 0 Å². The largest absolute Gasteiger partial charge is 0.294 e. The maximum atomic E-state index is 12.8. The van der Waals surface area contributed by atoms with Crippen molar-refractivity contribution in [2.24, 2.45) is 5.41 Å². The molecule has 112 valence electrons.